The number of hydrogen-bond acceptors (Lipinski definition) is 7. The van der Waals surface area contributed by atoms with Crippen LogP contribution in [0.5, 0.6) is 0 Å². The zero-order chi connectivity index (χ0) is 12.3. The van der Waals surface area contributed by atoms with Crippen molar-refractivity contribution in [1.29, 1.82) is 0 Å². The Morgan fingerprint density at radius 1 is 1.53 bits per heavy atom. The van der Waals surface area contributed by atoms with E-state index in [1.807, 2.05) is 0 Å². The maximum atomic E-state index is 5.28. The van der Waals surface area contributed by atoms with Crippen molar-refractivity contribution >= 4 is 27.8 Å². The Bertz CT molecular complexity index is 453. The van der Waals surface area contributed by atoms with Crippen molar-refractivity contribution in [3.63, 3.8) is 0 Å². The number of anilines is 1. The SMILES string of the molecule is CC(c1cccs1)N(C)Cc1nnc(NN)s1. The predicted molar refractivity (Wildman–Crippen MR) is 71.9 cm³/mol. The number of rotatable bonds is 5. The van der Waals surface area contributed by atoms with Crippen LogP contribution in [0.2, 0.25) is 0 Å². The Kier molecular flexibility index (Phi) is 4.06. The third kappa shape index (κ3) is 3.01. The lowest BCUT2D eigenvalue weighted by atomic mass is 10.2. The zero-order valence-corrected chi connectivity index (χ0v) is 11.4. The first-order valence-corrected chi connectivity index (χ1v) is 6.93. The Labute approximate surface area is 108 Å². The van der Waals surface area contributed by atoms with Crippen LogP contribution in [0.1, 0.15) is 22.9 Å². The molecule has 17 heavy (non-hydrogen) atoms. The smallest absolute Gasteiger partial charge is 0.219 e. The van der Waals surface area contributed by atoms with E-state index in [0.717, 1.165) is 11.6 Å². The summed E-state index contributed by atoms with van der Waals surface area (Å²) in [6, 6.07) is 4.61. The van der Waals surface area contributed by atoms with Crippen LogP contribution in [0.3, 0.4) is 0 Å². The van der Waals surface area contributed by atoms with E-state index in [1.165, 1.54) is 16.2 Å². The van der Waals surface area contributed by atoms with Crippen molar-refractivity contribution in [3.8, 4) is 0 Å². The summed E-state index contributed by atoms with van der Waals surface area (Å²) < 4.78 is 0. The van der Waals surface area contributed by atoms with E-state index in [4.69, 9.17) is 5.84 Å². The largest absolute Gasteiger partial charge is 0.298 e. The molecule has 0 saturated carbocycles. The van der Waals surface area contributed by atoms with Crippen LogP contribution < -0.4 is 11.3 Å². The normalized spacial score (nSPS) is 12.9. The minimum Gasteiger partial charge on any atom is -0.298 e. The summed E-state index contributed by atoms with van der Waals surface area (Å²) in [6.45, 7) is 2.97. The molecule has 5 nitrogen and oxygen atoms in total. The summed E-state index contributed by atoms with van der Waals surface area (Å²) in [7, 11) is 2.08. The van der Waals surface area contributed by atoms with Crippen molar-refractivity contribution in [2.75, 3.05) is 12.5 Å². The van der Waals surface area contributed by atoms with Crippen molar-refractivity contribution in [3.05, 3.63) is 27.4 Å². The van der Waals surface area contributed by atoms with E-state index < -0.39 is 0 Å². The molecule has 0 amide bonds. The average Bonchev–Trinajstić information content (AvgIpc) is 2.98. The summed E-state index contributed by atoms with van der Waals surface area (Å²) >= 11 is 3.25. The monoisotopic (exact) mass is 269 g/mol. The third-order valence-electron chi connectivity index (χ3n) is 2.59. The van der Waals surface area contributed by atoms with E-state index in [9.17, 15) is 0 Å². The van der Waals surface area contributed by atoms with Gasteiger partial charge in [0.15, 0.2) is 0 Å². The van der Waals surface area contributed by atoms with Crippen molar-refractivity contribution in [2.45, 2.75) is 19.5 Å². The standard InChI is InChI=1S/C10H15N5S2/c1-7(8-4-3-5-16-8)15(2)6-9-13-14-10(12-11)17-9/h3-5,7H,6,11H2,1-2H3,(H,12,14). The second-order valence-corrected chi connectivity index (χ2v) is 5.79. The first-order valence-electron chi connectivity index (χ1n) is 5.23. The van der Waals surface area contributed by atoms with Gasteiger partial charge in [0, 0.05) is 10.9 Å². The van der Waals surface area contributed by atoms with Gasteiger partial charge in [0.1, 0.15) is 5.01 Å². The second-order valence-electron chi connectivity index (χ2n) is 3.75. The first-order chi connectivity index (χ1) is 8.20. The third-order valence-corrected chi connectivity index (χ3v) is 4.47. The van der Waals surface area contributed by atoms with E-state index in [0.29, 0.717) is 11.2 Å². The van der Waals surface area contributed by atoms with Crippen LogP contribution in [0.25, 0.3) is 0 Å². The Morgan fingerprint density at radius 2 is 2.35 bits per heavy atom. The molecule has 0 saturated heterocycles. The molecule has 0 aliphatic heterocycles. The topological polar surface area (TPSA) is 67.1 Å². The number of aromatic nitrogens is 2. The van der Waals surface area contributed by atoms with Crippen LogP contribution in [0.15, 0.2) is 17.5 Å². The number of nitrogens with one attached hydrogen (secondary N) is 1. The molecule has 2 aromatic rings. The molecule has 0 aromatic carbocycles. The van der Waals surface area contributed by atoms with Crippen LogP contribution >= 0.6 is 22.7 Å². The van der Waals surface area contributed by atoms with Gasteiger partial charge in [0.05, 0.1) is 6.54 Å². The minimum atomic E-state index is 0.383. The number of nitrogen functional groups attached to an aromatic ring is 1. The molecule has 0 aliphatic rings. The zero-order valence-electron chi connectivity index (χ0n) is 9.75. The Balaban J connectivity index is 1.99. The number of nitrogens with zero attached hydrogens (tertiary/aromatic N) is 3. The summed E-state index contributed by atoms with van der Waals surface area (Å²) in [5.74, 6) is 5.28. The van der Waals surface area contributed by atoms with Crippen LogP contribution in [-0.4, -0.2) is 22.1 Å². The molecular formula is C10H15N5S2. The lowest BCUT2D eigenvalue weighted by molar-refractivity contribution is 0.255. The highest BCUT2D eigenvalue weighted by Gasteiger charge is 2.14. The molecular weight excluding hydrogens is 254 g/mol. The van der Waals surface area contributed by atoms with Gasteiger partial charge in [-0.3, -0.25) is 10.3 Å². The van der Waals surface area contributed by atoms with Crippen molar-refractivity contribution in [1.82, 2.24) is 15.1 Å². The molecule has 7 heteroatoms. The van der Waals surface area contributed by atoms with Gasteiger partial charge in [-0.05, 0) is 25.4 Å². The molecule has 1 unspecified atom stereocenters. The maximum absolute atomic E-state index is 5.28. The Hall–Kier alpha value is -1.02. The molecule has 0 aliphatic carbocycles. The van der Waals surface area contributed by atoms with E-state index in [2.05, 4.69) is 52.0 Å². The lowest BCUT2D eigenvalue weighted by Crippen LogP contribution is -2.21. The van der Waals surface area contributed by atoms with Crippen LogP contribution in [-0.2, 0) is 6.54 Å². The van der Waals surface area contributed by atoms with Gasteiger partial charge in [-0.1, -0.05) is 17.4 Å². The van der Waals surface area contributed by atoms with Gasteiger partial charge in [0.2, 0.25) is 5.13 Å². The molecule has 0 spiro atoms. The molecule has 3 N–H and O–H groups in total. The molecule has 1 atom stereocenters. The van der Waals surface area contributed by atoms with Gasteiger partial charge in [0.25, 0.3) is 0 Å². The van der Waals surface area contributed by atoms with E-state index >= 15 is 0 Å². The summed E-state index contributed by atoms with van der Waals surface area (Å²) in [4.78, 5) is 3.60. The highest BCUT2D eigenvalue weighted by molar-refractivity contribution is 7.15. The number of hydrogen-bond donors (Lipinski definition) is 2. The summed E-state index contributed by atoms with van der Waals surface area (Å²) in [5.41, 5.74) is 2.51. The van der Waals surface area contributed by atoms with Crippen molar-refractivity contribution < 1.29 is 0 Å². The van der Waals surface area contributed by atoms with Gasteiger partial charge >= 0.3 is 0 Å². The van der Waals surface area contributed by atoms with Crippen LogP contribution in [0, 0.1) is 0 Å². The lowest BCUT2D eigenvalue weighted by Gasteiger charge is -2.22. The fraction of sp³-hybridized carbons (Fsp3) is 0.400. The van der Waals surface area contributed by atoms with Gasteiger partial charge in [-0.25, -0.2) is 5.84 Å². The first kappa shape index (κ1) is 12.4. The summed E-state index contributed by atoms with van der Waals surface area (Å²) in [6.07, 6.45) is 0. The molecule has 2 aromatic heterocycles. The Morgan fingerprint density at radius 3 is 2.94 bits per heavy atom. The molecule has 92 valence electrons. The summed E-state index contributed by atoms with van der Waals surface area (Å²) in [5, 5.41) is 11.7. The van der Waals surface area contributed by atoms with Gasteiger partial charge in [-0.15, -0.1) is 21.5 Å². The maximum Gasteiger partial charge on any atom is 0.219 e. The molecule has 2 heterocycles. The molecule has 0 bridgehead atoms. The minimum absolute atomic E-state index is 0.383. The van der Waals surface area contributed by atoms with E-state index in [1.54, 1.807) is 11.3 Å². The quantitative estimate of drug-likeness (QED) is 0.642. The van der Waals surface area contributed by atoms with Gasteiger partial charge < -0.3 is 0 Å². The molecule has 0 fully saturated rings. The predicted octanol–water partition coefficient (Wildman–Crippen LogP) is 2.08. The highest BCUT2D eigenvalue weighted by atomic mass is 32.1. The van der Waals surface area contributed by atoms with Crippen LogP contribution in [0.4, 0.5) is 5.13 Å². The number of hydrazine groups is 1. The van der Waals surface area contributed by atoms with Crippen molar-refractivity contribution in [2.24, 2.45) is 5.84 Å². The second kappa shape index (κ2) is 5.54. The average molecular weight is 269 g/mol. The van der Waals surface area contributed by atoms with Gasteiger partial charge in [-0.2, -0.15) is 0 Å². The fourth-order valence-electron chi connectivity index (χ4n) is 1.47. The number of nitrogens with two attached hydrogens (primary N) is 1. The van der Waals surface area contributed by atoms with E-state index in [-0.39, 0.29) is 0 Å². The molecule has 2 rings (SSSR count). The fourth-order valence-corrected chi connectivity index (χ4v) is 3.03. The molecule has 0 radical (unpaired) electrons. The highest BCUT2D eigenvalue weighted by Crippen LogP contribution is 2.25. The number of thiophene rings is 1.